The predicted molar refractivity (Wildman–Crippen MR) is 97.1 cm³/mol. The molecule has 0 unspecified atom stereocenters. The largest absolute Gasteiger partial charge is 0.392 e. The summed E-state index contributed by atoms with van der Waals surface area (Å²) in [5.41, 5.74) is -0.587. The zero-order valence-corrected chi connectivity index (χ0v) is 16.1. The maximum Gasteiger partial charge on any atom is 0.392 e. The first-order valence-electron chi connectivity index (χ1n) is 10.6. The van der Waals surface area contributed by atoms with E-state index in [0.29, 0.717) is 25.8 Å². The Bertz CT molecular complexity index is 498. The second-order valence-electron chi connectivity index (χ2n) is 8.88. The predicted octanol–water partition coefficient (Wildman–Crippen LogP) is 3.63. The first kappa shape index (κ1) is 20.9. The van der Waals surface area contributed by atoms with Gasteiger partial charge in [0.15, 0.2) is 0 Å². The highest BCUT2D eigenvalue weighted by Crippen LogP contribution is 2.41. The number of hydrogen-bond acceptors (Lipinski definition) is 3. The number of alkyl halides is 3. The number of nitrogens with zero attached hydrogens (tertiary/aromatic N) is 1. The van der Waals surface area contributed by atoms with E-state index in [4.69, 9.17) is 0 Å². The second kappa shape index (κ2) is 8.68. The zero-order valence-electron chi connectivity index (χ0n) is 16.1. The van der Waals surface area contributed by atoms with Gasteiger partial charge in [0.05, 0.1) is 11.5 Å². The van der Waals surface area contributed by atoms with Gasteiger partial charge in [0.25, 0.3) is 0 Å². The summed E-state index contributed by atoms with van der Waals surface area (Å²) >= 11 is 0. The van der Waals surface area contributed by atoms with E-state index in [2.05, 4.69) is 10.2 Å². The molecule has 7 heteroatoms. The molecule has 1 saturated heterocycles. The fourth-order valence-corrected chi connectivity index (χ4v) is 5.16. The van der Waals surface area contributed by atoms with Crippen molar-refractivity contribution >= 4 is 5.91 Å². The zero-order chi connectivity index (χ0) is 19.5. The van der Waals surface area contributed by atoms with E-state index < -0.39 is 29.5 Å². The van der Waals surface area contributed by atoms with Crippen molar-refractivity contribution in [2.24, 2.45) is 11.8 Å². The summed E-state index contributed by atoms with van der Waals surface area (Å²) in [6, 6.07) is -0.0504. The lowest BCUT2D eigenvalue weighted by Gasteiger charge is -2.40. The van der Waals surface area contributed by atoms with E-state index in [1.54, 1.807) is 0 Å². The van der Waals surface area contributed by atoms with E-state index in [-0.39, 0.29) is 12.5 Å². The minimum absolute atomic E-state index is 0.0504. The maximum atomic E-state index is 13.2. The molecule has 3 fully saturated rings. The number of β-amino-alcohol motifs (C(OH)–C–C–N with tert-alkyl or cyclic N) is 1. The summed E-state index contributed by atoms with van der Waals surface area (Å²) in [7, 11) is 0. The average molecular weight is 390 g/mol. The standard InChI is InChI=1S/C20H33F3N2O2/c21-20(22,23)17-7-3-2-6-16(17)18(26)24-15-8-12-25(13-9-15)14-19(27)10-4-1-5-11-19/h15-17,27H,1-14H2,(H,24,26)/t16-,17-/m1/s1. The Hall–Kier alpha value is -0.820. The number of carbonyl (C=O) groups excluding carboxylic acids is 1. The van der Waals surface area contributed by atoms with E-state index >= 15 is 0 Å². The SMILES string of the molecule is O=C(NC1CCN(CC2(O)CCCCC2)CC1)[C@@H]1CCCC[C@H]1C(F)(F)F. The highest BCUT2D eigenvalue weighted by molar-refractivity contribution is 5.79. The Morgan fingerprint density at radius 2 is 1.63 bits per heavy atom. The molecule has 3 aliphatic rings. The lowest BCUT2D eigenvalue weighted by Crippen LogP contribution is -2.52. The molecule has 0 spiro atoms. The number of amides is 1. The molecule has 1 amide bonds. The van der Waals surface area contributed by atoms with Crippen molar-refractivity contribution in [3.8, 4) is 0 Å². The molecular weight excluding hydrogens is 357 g/mol. The third kappa shape index (κ3) is 5.59. The molecule has 2 aliphatic carbocycles. The lowest BCUT2D eigenvalue weighted by molar-refractivity contribution is -0.198. The molecule has 0 bridgehead atoms. The van der Waals surface area contributed by atoms with Gasteiger partial charge >= 0.3 is 6.18 Å². The van der Waals surface area contributed by atoms with Crippen LogP contribution in [0.1, 0.15) is 70.6 Å². The van der Waals surface area contributed by atoms with Gasteiger partial charge in [0, 0.05) is 31.6 Å². The van der Waals surface area contributed by atoms with Gasteiger partial charge in [0.1, 0.15) is 0 Å². The van der Waals surface area contributed by atoms with Crippen molar-refractivity contribution in [2.45, 2.75) is 88.4 Å². The highest BCUT2D eigenvalue weighted by atomic mass is 19.4. The molecule has 0 aromatic carbocycles. The molecule has 2 N–H and O–H groups in total. The van der Waals surface area contributed by atoms with Gasteiger partial charge in [-0.05, 0) is 38.5 Å². The van der Waals surface area contributed by atoms with Crippen LogP contribution in [0.4, 0.5) is 13.2 Å². The number of nitrogens with one attached hydrogen (secondary N) is 1. The Morgan fingerprint density at radius 1 is 1.00 bits per heavy atom. The minimum Gasteiger partial charge on any atom is -0.389 e. The molecule has 3 rings (SSSR count). The van der Waals surface area contributed by atoms with Crippen LogP contribution in [-0.4, -0.2) is 53.4 Å². The number of rotatable bonds is 4. The molecule has 2 saturated carbocycles. The van der Waals surface area contributed by atoms with Crippen LogP contribution in [0.3, 0.4) is 0 Å². The van der Waals surface area contributed by atoms with Crippen molar-refractivity contribution in [3.63, 3.8) is 0 Å². The third-order valence-corrected chi connectivity index (χ3v) is 6.76. The Labute approximate surface area is 159 Å². The first-order chi connectivity index (χ1) is 12.8. The fraction of sp³-hybridized carbons (Fsp3) is 0.950. The normalized spacial score (nSPS) is 30.8. The van der Waals surface area contributed by atoms with Crippen LogP contribution in [-0.2, 0) is 4.79 Å². The maximum absolute atomic E-state index is 13.2. The number of aliphatic hydroxyl groups is 1. The van der Waals surface area contributed by atoms with E-state index in [1.165, 1.54) is 6.42 Å². The number of likely N-dealkylation sites (tertiary alicyclic amines) is 1. The lowest BCUT2D eigenvalue weighted by atomic mass is 9.78. The Morgan fingerprint density at radius 3 is 2.26 bits per heavy atom. The average Bonchev–Trinajstić information content (AvgIpc) is 2.63. The van der Waals surface area contributed by atoms with Crippen molar-refractivity contribution < 1.29 is 23.1 Å². The molecule has 1 aliphatic heterocycles. The summed E-state index contributed by atoms with van der Waals surface area (Å²) in [6.07, 6.45) is 3.88. The molecule has 2 atom stereocenters. The van der Waals surface area contributed by atoms with E-state index in [1.807, 2.05) is 0 Å². The summed E-state index contributed by atoms with van der Waals surface area (Å²) in [6.45, 7) is 2.23. The van der Waals surface area contributed by atoms with Gasteiger partial charge in [-0.1, -0.05) is 32.1 Å². The summed E-state index contributed by atoms with van der Waals surface area (Å²) in [4.78, 5) is 14.8. The van der Waals surface area contributed by atoms with Crippen LogP contribution >= 0.6 is 0 Å². The van der Waals surface area contributed by atoms with Gasteiger partial charge < -0.3 is 15.3 Å². The summed E-state index contributed by atoms with van der Waals surface area (Å²) in [5.74, 6) is -2.84. The number of hydrogen-bond donors (Lipinski definition) is 2. The molecule has 0 radical (unpaired) electrons. The molecule has 156 valence electrons. The fourth-order valence-electron chi connectivity index (χ4n) is 5.16. The number of piperidine rings is 1. The summed E-state index contributed by atoms with van der Waals surface area (Å²) < 4.78 is 39.7. The second-order valence-corrected chi connectivity index (χ2v) is 8.88. The smallest absolute Gasteiger partial charge is 0.389 e. The molecule has 0 aromatic heterocycles. The number of halogens is 3. The Balaban J connectivity index is 1.46. The monoisotopic (exact) mass is 390 g/mol. The topological polar surface area (TPSA) is 52.6 Å². The quantitative estimate of drug-likeness (QED) is 0.771. The number of carbonyl (C=O) groups is 1. The van der Waals surface area contributed by atoms with Crippen LogP contribution in [0.25, 0.3) is 0 Å². The third-order valence-electron chi connectivity index (χ3n) is 6.76. The van der Waals surface area contributed by atoms with E-state index in [0.717, 1.165) is 51.6 Å². The van der Waals surface area contributed by atoms with Gasteiger partial charge in [-0.3, -0.25) is 4.79 Å². The van der Waals surface area contributed by atoms with Crippen LogP contribution < -0.4 is 5.32 Å². The molecule has 0 aromatic rings. The minimum atomic E-state index is -4.29. The first-order valence-corrected chi connectivity index (χ1v) is 10.6. The highest BCUT2D eigenvalue weighted by Gasteiger charge is 2.48. The van der Waals surface area contributed by atoms with E-state index in [9.17, 15) is 23.1 Å². The summed E-state index contributed by atoms with van der Waals surface area (Å²) in [5, 5.41) is 13.6. The van der Waals surface area contributed by atoms with Crippen molar-refractivity contribution in [3.05, 3.63) is 0 Å². The van der Waals surface area contributed by atoms with Crippen LogP contribution in [0, 0.1) is 11.8 Å². The Kier molecular flexibility index (Phi) is 6.72. The van der Waals surface area contributed by atoms with Gasteiger partial charge in [-0.15, -0.1) is 0 Å². The van der Waals surface area contributed by atoms with Crippen molar-refractivity contribution in [1.29, 1.82) is 0 Å². The van der Waals surface area contributed by atoms with Gasteiger partial charge in [-0.2, -0.15) is 13.2 Å². The van der Waals surface area contributed by atoms with Gasteiger partial charge in [0.2, 0.25) is 5.91 Å². The molecule has 1 heterocycles. The van der Waals surface area contributed by atoms with Crippen molar-refractivity contribution in [1.82, 2.24) is 10.2 Å². The molecule has 27 heavy (non-hydrogen) atoms. The van der Waals surface area contributed by atoms with Crippen LogP contribution in [0.2, 0.25) is 0 Å². The molecule has 4 nitrogen and oxygen atoms in total. The van der Waals surface area contributed by atoms with Crippen molar-refractivity contribution in [2.75, 3.05) is 19.6 Å². The van der Waals surface area contributed by atoms with Crippen LogP contribution in [0.5, 0.6) is 0 Å². The van der Waals surface area contributed by atoms with Gasteiger partial charge in [-0.25, -0.2) is 0 Å². The van der Waals surface area contributed by atoms with Crippen LogP contribution in [0.15, 0.2) is 0 Å². The molecular formula is C20H33F3N2O2.